The Labute approximate surface area is 94.1 Å². The summed E-state index contributed by atoms with van der Waals surface area (Å²) in [6, 6.07) is 0.819. The van der Waals surface area contributed by atoms with Crippen molar-refractivity contribution < 1.29 is 5.11 Å². The molecule has 1 N–H and O–H groups in total. The van der Waals surface area contributed by atoms with Gasteiger partial charge in [0.1, 0.15) is 0 Å². The van der Waals surface area contributed by atoms with E-state index >= 15 is 0 Å². The van der Waals surface area contributed by atoms with Crippen LogP contribution in [0.3, 0.4) is 0 Å². The third kappa shape index (κ3) is 3.16. The molecule has 2 unspecified atom stereocenters. The predicted molar refractivity (Wildman–Crippen MR) is 64.0 cm³/mol. The molecule has 1 heterocycles. The van der Waals surface area contributed by atoms with Gasteiger partial charge >= 0.3 is 0 Å². The van der Waals surface area contributed by atoms with Gasteiger partial charge in [-0.3, -0.25) is 4.90 Å². The van der Waals surface area contributed by atoms with E-state index < -0.39 is 0 Å². The fourth-order valence-electron chi connectivity index (χ4n) is 2.80. The van der Waals surface area contributed by atoms with Crippen LogP contribution >= 0.6 is 0 Å². The zero-order valence-corrected chi connectivity index (χ0v) is 10.8. The molecule has 0 bridgehead atoms. The van der Waals surface area contributed by atoms with E-state index in [9.17, 15) is 5.11 Å². The van der Waals surface area contributed by atoms with Gasteiger partial charge in [-0.2, -0.15) is 0 Å². The minimum atomic E-state index is 0.137. The van der Waals surface area contributed by atoms with Crippen LogP contribution in [0.4, 0.5) is 0 Å². The molecule has 0 aromatic heterocycles. The van der Waals surface area contributed by atoms with E-state index in [-0.39, 0.29) is 18.2 Å². The molecule has 0 aliphatic carbocycles. The minimum Gasteiger partial charge on any atom is -0.395 e. The first kappa shape index (κ1) is 12.9. The summed E-state index contributed by atoms with van der Waals surface area (Å²) in [5, 5.41) is 9.52. The average Bonchev–Trinajstić information content (AvgIpc) is 2.24. The fourth-order valence-corrected chi connectivity index (χ4v) is 2.80. The van der Waals surface area contributed by atoms with Gasteiger partial charge < -0.3 is 10.0 Å². The molecule has 1 saturated heterocycles. The molecule has 1 aliphatic rings. The van der Waals surface area contributed by atoms with E-state index in [0.29, 0.717) is 6.04 Å². The van der Waals surface area contributed by atoms with Gasteiger partial charge in [0.15, 0.2) is 0 Å². The fraction of sp³-hybridized carbons (Fsp3) is 1.00. The van der Waals surface area contributed by atoms with Crippen LogP contribution in [-0.4, -0.2) is 59.3 Å². The maximum absolute atomic E-state index is 9.52. The Balaban J connectivity index is 2.86. The maximum atomic E-state index is 9.52. The number of aliphatic hydroxyl groups excluding tert-OH is 1. The summed E-state index contributed by atoms with van der Waals surface area (Å²) in [5.74, 6) is 0. The summed E-state index contributed by atoms with van der Waals surface area (Å²) in [4.78, 5) is 4.79. The van der Waals surface area contributed by atoms with E-state index in [4.69, 9.17) is 0 Å². The number of aliphatic hydroxyl groups is 1. The SMILES string of the molecule is CC1CCN(C)CC(CO)N1C(C)(C)C. The normalized spacial score (nSPS) is 31.6. The molecule has 0 spiro atoms. The third-order valence-corrected chi connectivity index (χ3v) is 3.30. The first-order chi connectivity index (χ1) is 6.86. The number of hydrogen-bond donors (Lipinski definition) is 1. The molecule has 1 aliphatic heterocycles. The molecule has 3 heteroatoms. The van der Waals surface area contributed by atoms with Gasteiger partial charge in [0, 0.05) is 24.2 Å². The van der Waals surface area contributed by atoms with Gasteiger partial charge in [-0.25, -0.2) is 0 Å². The molecule has 15 heavy (non-hydrogen) atoms. The number of rotatable bonds is 1. The lowest BCUT2D eigenvalue weighted by atomic mass is 9.99. The highest BCUT2D eigenvalue weighted by atomic mass is 16.3. The summed E-state index contributed by atoms with van der Waals surface area (Å²) < 4.78 is 0. The van der Waals surface area contributed by atoms with Gasteiger partial charge in [0.25, 0.3) is 0 Å². The molecule has 3 nitrogen and oxygen atoms in total. The molecule has 0 radical (unpaired) electrons. The summed E-state index contributed by atoms with van der Waals surface area (Å²) in [7, 11) is 2.14. The van der Waals surface area contributed by atoms with Crippen LogP contribution in [0.1, 0.15) is 34.1 Å². The van der Waals surface area contributed by atoms with Crippen molar-refractivity contribution in [3.05, 3.63) is 0 Å². The van der Waals surface area contributed by atoms with Crippen molar-refractivity contribution in [1.82, 2.24) is 9.80 Å². The first-order valence-electron chi connectivity index (χ1n) is 5.94. The van der Waals surface area contributed by atoms with E-state index in [1.807, 2.05) is 0 Å². The van der Waals surface area contributed by atoms with Crippen molar-refractivity contribution in [3.63, 3.8) is 0 Å². The highest BCUT2D eigenvalue weighted by molar-refractivity contribution is 4.90. The highest BCUT2D eigenvalue weighted by Gasteiger charge is 2.34. The Morgan fingerprint density at radius 2 is 1.93 bits per heavy atom. The van der Waals surface area contributed by atoms with Crippen molar-refractivity contribution in [2.75, 3.05) is 26.7 Å². The Morgan fingerprint density at radius 3 is 2.40 bits per heavy atom. The lowest BCUT2D eigenvalue weighted by Gasteiger charge is -2.44. The van der Waals surface area contributed by atoms with Gasteiger partial charge in [-0.05, 0) is 47.7 Å². The second-order valence-corrected chi connectivity index (χ2v) is 5.81. The third-order valence-electron chi connectivity index (χ3n) is 3.30. The molecule has 1 rings (SSSR count). The van der Waals surface area contributed by atoms with Gasteiger partial charge in [-0.1, -0.05) is 0 Å². The van der Waals surface area contributed by atoms with E-state index in [0.717, 1.165) is 13.1 Å². The monoisotopic (exact) mass is 214 g/mol. The van der Waals surface area contributed by atoms with Crippen LogP contribution in [0.15, 0.2) is 0 Å². The molecule has 90 valence electrons. The van der Waals surface area contributed by atoms with Crippen LogP contribution in [0, 0.1) is 0 Å². The van der Waals surface area contributed by atoms with Crippen LogP contribution in [0.5, 0.6) is 0 Å². The van der Waals surface area contributed by atoms with Crippen LogP contribution in [-0.2, 0) is 0 Å². The molecule has 0 amide bonds. The second kappa shape index (κ2) is 4.81. The first-order valence-corrected chi connectivity index (χ1v) is 5.94. The largest absolute Gasteiger partial charge is 0.395 e. The second-order valence-electron chi connectivity index (χ2n) is 5.81. The molecule has 0 aromatic carbocycles. The minimum absolute atomic E-state index is 0.137. The van der Waals surface area contributed by atoms with Gasteiger partial charge in [0.2, 0.25) is 0 Å². The number of likely N-dealkylation sites (N-methyl/N-ethyl adjacent to an activating group) is 1. The Bertz CT molecular complexity index is 200. The summed E-state index contributed by atoms with van der Waals surface area (Å²) in [6.07, 6.45) is 1.18. The quantitative estimate of drug-likeness (QED) is 0.710. The topological polar surface area (TPSA) is 26.7 Å². The Hall–Kier alpha value is -0.120. The zero-order chi connectivity index (χ0) is 11.6. The summed E-state index contributed by atoms with van der Waals surface area (Å²) >= 11 is 0. The molecule has 0 saturated carbocycles. The van der Waals surface area contributed by atoms with Crippen LogP contribution < -0.4 is 0 Å². The molecular formula is C12H26N2O. The molecule has 1 fully saturated rings. The van der Waals surface area contributed by atoms with Crippen molar-refractivity contribution in [1.29, 1.82) is 0 Å². The average molecular weight is 214 g/mol. The van der Waals surface area contributed by atoms with Gasteiger partial charge in [0.05, 0.1) is 6.61 Å². The standard InChI is InChI=1S/C12H26N2O/c1-10-6-7-13(5)8-11(9-15)14(10)12(2,3)4/h10-11,15H,6-9H2,1-5H3. The van der Waals surface area contributed by atoms with E-state index in [1.54, 1.807) is 0 Å². The number of hydrogen-bond acceptors (Lipinski definition) is 3. The summed E-state index contributed by atoms with van der Waals surface area (Å²) in [5.41, 5.74) is 0.137. The smallest absolute Gasteiger partial charge is 0.0599 e. The zero-order valence-electron chi connectivity index (χ0n) is 10.8. The summed E-state index contributed by atoms with van der Waals surface area (Å²) in [6.45, 7) is 11.3. The lowest BCUT2D eigenvalue weighted by Crippen LogP contribution is -2.55. The maximum Gasteiger partial charge on any atom is 0.0599 e. The van der Waals surface area contributed by atoms with Crippen molar-refractivity contribution >= 4 is 0 Å². The van der Waals surface area contributed by atoms with Gasteiger partial charge in [-0.15, -0.1) is 0 Å². The predicted octanol–water partition coefficient (Wildman–Crippen LogP) is 1.17. The van der Waals surface area contributed by atoms with E-state index in [2.05, 4.69) is 44.5 Å². The van der Waals surface area contributed by atoms with Crippen molar-refractivity contribution in [2.24, 2.45) is 0 Å². The van der Waals surface area contributed by atoms with Crippen LogP contribution in [0.2, 0.25) is 0 Å². The Morgan fingerprint density at radius 1 is 1.33 bits per heavy atom. The lowest BCUT2D eigenvalue weighted by molar-refractivity contribution is 0.0160. The molecule has 2 atom stereocenters. The molecule has 0 aromatic rings. The van der Waals surface area contributed by atoms with E-state index in [1.165, 1.54) is 6.42 Å². The van der Waals surface area contributed by atoms with Crippen molar-refractivity contribution in [3.8, 4) is 0 Å². The van der Waals surface area contributed by atoms with Crippen molar-refractivity contribution in [2.45, 2.75) is 51.7 Å². The van der Waals surface area contributed by atoms with Crippen LogP contribution in [0.25, 0.3) is 0 Å². The number of nitrogens with zero attached hydrogens (tertiary/aromatic N) is 2. The molecular weight excluding hydrogens is 188 g/mol. The Kier molecular flexibility index (Phi) is 4.15. The highest BCUT2D eigenvalue weighted by Crippen LogP contribution is 2.25.